The number of nitrogens with one attached hydrogen (secondary N) is 1. The lowest BCUT2D eigenvalue weighted by Crippen LogP contribution is -2.58. The number of carbonyl (C=O) groups is 5. The van der Waals surface area contributed by atoms with Crippen LogP contribution in [0.5, 0.6) is 5.75 Å². The van der Waals surface area contributed by atoms with Crippen LogP contribution in [0.3, 0.4) is 0 Å². The van der Waals surface area contributed by atoms with Gasteiger partial charge in [-0.15, -0.1) is 11.3 Å². The molecule has 9 rings (SSSR count). The third-order valence-electron chi connectivity index (χ3n) is 13.8. The van der Waals surface area contributed by atoms with Crippen LogP contribution in [0.2, 0.25) is 0 Å². The van der Waals surface area contributed by atoms with Crippen molar-refractivity contribution in [2.75, 3.05) is 32.1 Å². The van der Waals surface area contributed by atoms with E-state index in [1.807, 2.05) is 12.1 Å². The Kier molecular flexibility index (Phi) is 11.1. The molecule has 2 aromatic heterocycles. The minimum Gasteiger partial charge on any atom is -0.494 e. The number of carbonyl (C=O) groups excluding carboxylic acids is 5. The molecule has 1 unspecified atom stereocenters. The van der Waals surface area contributed by atoms with Crippen molar-refractivity contribution in [3.05, 3.63) is 81.6 Å². The molecule has 61 heavy (non-hydrogen) atoms. The van der Waals surface area contributed by atoms with Crippen LogP contribution in [-0.2, 0) is 22.2 Å². The van der Waals surface area contributed by atoms with Crippen molar-refractivity contribution in [1.29, 1.82) is 0 Å². The number of likely N-dealkylation sites (tertiary alicyclic amines) is 1. The molecule has 0 bridgehead atoms. The summed E-state index contributed by atoms with van der Waals surface area (Å²) < 4.78 is 45.9. The van der Waals surface area contributed by atoms with Crippen molar-refractivity contribution in [1.82, 2.24) is 19.8 Å². The summed E-state index contributed by atoms with van der Waals surface area (Å²) >= 11 is 1.58. The van der Waals surface area contributed by atoms with Crippen molar-refractivity contribution < 1.29 is 41.9 Å². The van der Waals surface area contributed by atoms with Crippen molar-refractivity contribution in [3.63, 3.8) is 0 Å². The Hall–Kier alpha value is -5.02. The number of alkyl halides is 3. The van der Waals surface area contributed by atoms with Crippen LogP contribution in [0, 0.1) is 17.3 Å². The molecule has 1 saturated heterocycles. The Bertz CT molecular complexity index is 2410. The Morgan fingerprint density at radius 2 is 1.67 bits per heavy atom. The highest BCUT2D eigenvalue weighted by Crippen LogP contribution is 2.48. The van der Waals surface area contributed by atoms with Gasteiger partial charge in [0.15, 0.2) is 5.78 Å². The van der Waals surface area contributed by atoms with Gasteiger partial charge in [-0.1, -0.05) is 18.2 Å². The van der Waals surface area contributed by atoms with Crippen molar-refractivity contribution in [2.45, 2.75) is 102 Å². The molecule has 1 spiro atoms. The molecule has 4 aromatic rings. The fourth-order valence-electron chi connectivity index (χ4n) is 10.6. The maximum absolute atomic E-state index is 13.6. The summed E-state index contributed by atoms with van der Waals surface area (Å²) in [6.07, 6.45) is 6.30. The Labute approximate surface area is 355 Å². The number of methoxy groups -OCH3 is 1. The summed E-state index contributed by atoms with van der Waals surface area (Å²) in [5, 5.41) is 3.72. The third-order valence-corrected chi connectivity index (χ3v) is 15.0. The van der Waals surface area contributed by atoms with Crippen LogP contribution in [0.4, 0.5) is 18.9 Å². The van der Waals surface area contributed by atoms with E-state index in [2.05, 4.69) is 15.2 Å². The smallest absolute Gasteiger partial charge is 0.433 e. The summed E-state index contributed by atoms with van der Waals surface area (Å²) in [6, 6.07) is 11.3. The fourth-order valence-corrected chi connectivity index (χ4v) is 11.7. The molecule has 1 atom stereocenters. The number of ketones is 2. The zero-order chi connectivity index (χ0) is 42.6. The first-order valence-corrected chi connectivity index (χ1v) is 22.2. The number of hydrogen-bond donors (Lipinski definition) is 1. The second-order valence-electron chi connectivity index (χ2n) is 17.9. The maximum Gasteiger partial charge on any atom is 0.433 e. The number of anilines is 1. The van der Waals surface area contributed by atoms with Crippen molar-refractivity contribution in [3.8, 4) is 5.75 Å². The third kappa shape index (κ3) is 8.22. The number of halogens is 3. The first-order valence-electron chi connectivity index (χ1n) is 21.4. The number of ether oxygens (including phenoxy) is 1. The lowest BCUT2D eigenvalue weighted by molar-refractivity contribution is -0.141. The van der Waals surface area contributed by atoms with Gasteiger partial charge >= 0.3 is 6.18 Å². The molecule has 15 heteroatoms. The predicted molar refractivity (Wildman–Crippen MR) is 222 cm³/mol. The first kappa shape index (κ1) is 41.3. The summed E-state index contributed by atoms with van der Waals surface area (Å²) in [7, 11) is 1.47. The van der Waals surface area contributed by atoms with E-state index in [9.17, 15) is 37.1 Å². The molecule has 3 aliphatic carbocycles. The molecule has 4 heterocycles. The topological polar surface area (TPSA) is 139 Å². The molecule has 1 N–H and O–H groups in total. The predicted octanol–water partition coefficient (Wildman–Crippen LogP) is 8.66. The van der Waals surface area contributed by atoms with Gasteiger partial charge in [-0.3, -0.25) is 28.9 Å². The van der Waals surface area contributed by atoms with Crippen molar-refractivity contribution in [2.24, 2.45) is 17.3 Å². The van der Waals surface area contributed by atoms with Gasteiger partial charge in [0.25, 0.3) is 17.7 Å². The summed E-state index contributed by atoms with van der Waals surface area (Å²) in [5.74, 6) is -0.157. The van der Waals surface area contributed by atoms with E-state index in [1.165, 1.54) is 26.0 Å². The highest BCUT2D eigenvalue weighted by Gasteiger charge is 2.47. The number of Topliss-reactive ketones (excluding diaryl/α,β-unsaturated/α-hetero) is 2. The van der Waals surface area contributed by atoms with Crippen LogP contribution >= 0.6 is 11.3 Å². The molecule has 5 aliphatic rings. The lowest BCUT2D eigenvalue weighted by Gasteiger charge is -2.54. The highest BCUT2D eigenvalue weighted by molar-refractivity contribution is 7.18. The molecule has 0 radical (unpaired) electrons. The zero-order valence-electron chi connectivity index (χ0n) is 34.0. The number of amides is 3. The van der Waals surface area contributed by atoms with Crippen molar-refractivity contribution >= 4 is 56.5 Å². The lowest BCUT2D eigenvalue weighted by atomic mass is 9.65. The van der Waals surface area contributed by atoms with Gasteiger partial charge in [0.2, 0.25) is 0 Å². The van der Waals surface area contributed by atoms with E-state index in [0.717, 1.165) is 102 Å². The van der Waals surface area contributed by atoms with E-state index in [0.29, 0.717) is 52.2 Å². The molecule has 320 valence electrons. The van der Waals surface area contributed by atoms with Crippen LogP contribution in [-0.4, -0.2) is 81.8 Å². The van der Waals surface area contributed by atoms with Gasteiger partial charge in [0, 0.05) is 38.0 Å². The van der Waals surface area contributed by atoms with Gasteiger partial charge in [0.05, 0.1) is 51.6 Å². The minimum absolute atomic E-state index is 0.138. The number of aryl methyl sites for hydroxylation is 1. The van der Waals surface area contributed by atoms with E-state index in [4.69, 9.17) is 9.72 Å². The van der Waals surface area contributed by atoms with Gasteiger partial charge in [0.1, 0.15) is 22.9 Å². The maximum atomic E-state index is 13.6. The van der Waals surface area contributed by atoms with E-state index < -0.39 is 35.6 Å². The Morgan fingerprint density at radius 1 is 0.918 bits per heavy atom. The Balaban J connectivity index is 0.732. The van der Waals surface area contributed by atoms with Gasteiger partial charge in [-0.05, 0) is 118 Å². The quantitative estimate of drug-likeness (QED) is 0.123. The number of imide groups is 1. The fraction of sp³-hybridized carbons (Fsp3) is 0.500. The van der Waals surface area contributed by atoms with E-state index in [1.54, 1.807) is 29.5 Å². The number of fused-ring (bicyclic) bond motifs is 2. The molecular formula is C46H48F3N5O6S. The van der Waals surface area contributed by atoms with Gasteiger partial charge in [-0.25, -0.2) is 9.97 Å². The number of rotatable bonds is 10. The number of thiazole rings is 1. The second kappa shape index (κ2) is 16.4. The number of hydrogen-bond acceptors (Lipinski definition) is 10. The van der Waals surface area contributed by atoms with Gasteiger partial charge in [-0.2, -0.15) is 13.2 Å². The van der Waals surface area contributed by atoms with Crippen LogP contribution in [0.1, 0.15) is 130 Å². The number of benzene rings is 2. The van der Waals surface area contributed by atoms with Gasteiger partial charge < -0.3 is 15.0 Å². The Morgan fingerprint density at radius 3 is 2.39 bits per heavy atom. The SMILES string of the molecule is COc1cc2nc(C3CCC(CN4CC5(CCC(CCc6cccc7c6C(=O)N(C6CCC(=O)CC6=O)C7=O)CC5)C4)CC3)sc2cc1NC(=O)c1cccc(C(F)(F)F)n1. The van der Waals surface area contributed by atoms with E-state index in [-0.39, 0.29) is 36.5 Å². The normalized spacial score (nSPS) is 23.4. The zero-order valence-corrected chi connectivity index (χ0v) is 34.8. The highest BCUT2D eigenvalue weighted by atomic mass is 32.1. The molecule has 4 fully saturated rings. The molecule has 2 aliphatic heterocycles. The molecule has 3 amide bonds. The van der Waals surface area contributed by atoms with Crippen LogP contribution < -0.4 is 10.1 Å². The first-order chi connectivity index (χ1) is 29.3. The number of pyridine rings is 1. The number of aromatic nitrogens is 2. The summed E-state index contributed by atoms with van der Waals surface area (Å²) in [4.78, 5) is 76.4. The molecule has 11 nitrogen and oxygen atoms in total. The molecule has 3 saturated carbocycles. The van der Waals surface area contributed by atoms with Crippen LogP contribution in [0.15, 0.2) is 48.5 Å². The average Bonchev–Trinajstić information content (AvgIpc) is 3.76. The second-order valence-corrected chi connectivity index (χ2v) is 18.9. The monoisotopic (exact) mass is 855 g/mol. The molecular weight excluding hydrogens is 808 g/mol. The largest absolute Gasteiger partial charge is 0.494 e. The van der Waals surface area contributed by atoms with E-state index >= 15 is 0 Å². The standard InChI is InChI=1S/C46H48F3N5O6S/c1-60-37-21-34-38(22-33(37)51-41(57)32-6-3-7-39(50-32)46(47,48)49)61-42(52-34)29-12-9-27(10-13-29)23-53-24-45(25-53)18-16-26(17-19-45)8-11-28-4-2-5-31-40(28)44(59)54(43(31)58)35-15-14-30(55)20-36(35)56/h2-7,21-22,26-27,29,35H,8-20,23-25H2,1H3,(H,51,57). The summed E-state index contributed by atoms with van der Waals surface area (Å²) in [6.45, 7) is 3.41. The minimum atomic E-state index is -4.66. The average molecular weight is 856 g/mol. The summed E-state index contributed by atoms with van der Waals surface area (Å²) in [5.41, 5.74) is 1.69. The van der Waals surface area contributed by atoms with Crippen LogP contribution in [0.25, 0.3) is 10.2 Å². The number of nitrogens with zero attached hydrogens (tertiary/aromatic N) is 4. The molecule has 2 aromatic carbocycles.